The quantitative estimate of drug-likeness (QED) is 0.601. The fourth-order valence-corrected chi connectivity index (χ4v) is 4.75. The van der Waals surface area contributed by atoms with Crippen molar-refractivity contribution in [3.63, 3.8) is 0 Å². The summed E-state index contributed by atoms with van der Waals surface area (Å²) in [6, 6.07) is 9.89. The third-order valence-electron chi connectivity index (χ3n) is 5.11. The van der Waals surface area contributed by atoms with Crippen LogP contribution in [0.1, 0.15) is 25.0 Å². The van der Waals surface area contributed by atoms with Crippen molar-refractivity contribution in [2.45, 2.75) is 33.8 Å². The number of nitrogens with one attached hydrogen (secondary N) is 1. The van der Waals surface area contributed by atoms with Crippen LogP contribution in [0.5, 0.6) is 0 Å². The molecule has 144 valence electrons. The second-order valence-corrected chi connectivity index (χ2v) is 8.09. The Kier molecular flexibility index (Phi) is 6.15. The maximum Gasteiger partial charge on any atom is 0.197 e. The Morgan fingerprint density at radius 1 is 1.15 bits per heavy atom. The number of rotatable bonds is 7. The van der Waals surface area contributed by atoms with Crippen molar-refractivity contribution in [2.24, 2.45) is 0 Å². The molecule has 0 bridgehead atoms. The van der Waals surface area contributed by atoms with Gasteiger partial charge in [-0.1, -0.05) is 32.0 Å². The molecule has 1 aromatic heterocycles. The molecule has 2 aromatic carbocycles. The number of hydrogen-bond donors (Lipinski definition) is 2. The first-order chi connectivity index (χ1) is 13.0. The zero-order valence-electron chi connectivity index (χ0n) is 16.5. The summed E-state index contributed by atoms with van der Waals surface area (Å²) >= 11 is 1.66. The van der Waals surface area contributed by atoms with E-state index in [-0.39, 0.29) is 5.43 Å². The Hall–Kier alpha value is -1.95. The molecule has 0 spiro atoms. The van der Waals surface area contributed by atoms with Gasteiger partial charge in [0.15, 0.2) is 5.43 Å². The molecule has 27 heavy (non-hydrogen) atoms. The summed E-state index contributed by atoms with van der Waals surface area (Å²) in [5.74, 6) is 0. The number of aryl methyl sites for hydroxylation is 2. The van der Waals surface area contributed by atoms with Gasteiger partial charge in [0.25, 0.3) is 0 Å². The zero-order chi connectivity index (χ0) is 19.6. The molecule has 0 saturated carbocycles. The number of nitrogens with zero attached hydrogens (tertiary/aromatic N) is 1. The molecular weight excluding hydrogens is 356 g/mol. The minimum absolute atomic E-state index is 0.0619. The van der Waals surface area contributed by atoms with Crippen LogP contribution >= 0.6 is 11.3 Å². The number of fused-ring (bicyclic) bond motifs is 2. The van der Waals surface area contributed by atoms with Gasteiger partial charge in [-0.15, -0.1) is 11.3 Å². The first-order valence-corrected chi connectivity index (χ1v) is 10.4. The van der Waals surface area contributed by atoms with E-state index in [1.807, 2.05) is 31.2 Å². The Morgan fingerprint density at radius 3 is 2.56 bits per heavy atom. The summed E-state index contributed by atoms with van der Waals surface area (Å²) in [5.41, 5.74) is 3.06. The maximum absolute atomic E-state index is 13.2. The third kappa shape index (κ3) is 4.00. The lowest BCUT2D eigenvalue weighted by atomic mass is 10.0. The van der Waals surface area contributed by atoms with Crippen LogP contribution in [0.4, 0.5) is 5.69 Å². The van der Waals surface area contributed by atoms with E-state index >= 15 is 0 Å². The number of aliphatic hydroxyl groups excluding tert-OH is 1. The molecule has 5 heteroatoms. The molecule has 0 aliphatic rings. The Bertz CT molecular complexity index is 1010. The predicted octanol–water partition coefficient (Wildman–Crippen LogP) is 4.15. The van der Waals surface area contributed by atoms with Crippen molar-refractivity contribution in [1.29, 1.82) is 0 Å². The molecule has 3 aromatic rings. The number of benzene rings is 2. The first kappa shape index (κ1) is 19.8. The number of likely N-dealkylation sites (N-methyl/N-ethyl adjacent to an activating group) is 1. The lowest BCUT2D eigenvalue weighted by molar-refractivity contribution is 0.128. The van der Waals surface area contributed by atoms with E-state index in [4.69, 9.17) is 0 Å². The summed E-state index contributed by atoms with van der Waals surface area (Å²) in [5, 5.41) is 15.3. The van der Waals surface area contributed by atoms with Gasteiger partial charge in [0.05, 0.1) is 11.5 Å². The molecule has 0 aliphatic carbocycles. The molecule has 0 fully saturated rings. The summed E-state index contributed by atoms with van der Waals surface area (Å²) in [6.07, 6.45) is -0.486. The molecule has 3 rings (SSSR count). The lowest BCUT2D eigenvalue weighted by Gasteiger charge is -2.23. The van der Waals surface area contributed by atoms with Gasteiger partial charge >= 0.3 is 0 Å². The molecule has 0 unspecified atom stereocenters. The molecule has 2 N–H and O–H groups in total. The topological polar surface area (TPSA) is 52.6 Å². The SMILES string of the molecule is CCN(CC)C[C@@H](O)CNc1c(C)cc(C)c2sc3ccccc3c(=O)c12. The van der Waals surface area contributed by atoms with Crippen molar-refractivity contribution in [2.75, 3.05) is 31.5 Å². The summed E-state index contributed by atoms with van der Waals surface area (Å²) in [6.45, 7) is 11.1. The van der Waals surface area contributed by atoms with Crippen molar-refractivity contribution < 1.29 is 5.11 Å². The van der Waals surface area contributed by atoms with Gasteiger partial charge in [-0.25, -0.2) is 0 Å². The van der Waals surface area contributed by atoms with Crippen LogP contribution in [0.2, 0.25) is 0 Å². The highest BCUT2D eigenvalue weighted by molar-refractivity contribution is 7.24. The van der Waals surface area contributed by atoms with E-state index in [0.29, 0.717) is 13.1 Å². The zero-order valence-corrected chi connectivity index (χ0v) is 17.3. The van der Waals surface area contributed by atoms with Gasteiger partial charge in [-0.2, -0.15) is 0 Å². The predicted molar refractivity (Wildman–Crippen MR) is 117 cm³/mol. The molecule has 0 amide bonds. The van der Waals surface area contributed by atoms with Gasteiger partial charge in [-0.05, 0) is 50.2 Å². The highest BCUT2D eigenvalue weighted by Crippen LogP contribution is 2.33. The van der Waals surface area contributed by atoms with Gasteiger partial charge < -0.3 is 15.3 Å². The van der Waals surface area contributed by atoms with Crippen LogP contribution in [0, 0.1) is 13.8 Å². The average Bonchev–Trinajstić information content (AvgIpc) is 2.66. The second-order valence-electron chi connectivity index (χ2n) is 7.04. The fourth-order valence-electron chi connectivity index (χ4n) is 3.60. The molecule has 1 atom stereocenters. The van der Waals surface area contributed by atoms with Crippen molar-refractivity contribution in [1.82, 2.24) is 4.90 Å². The summed E-state index contributed by atoms with van der Waals surface area (Å²) < 4.78 is 2.03. The minimum atomic E-state index is -0.486. The van der Waals surface area contributed by atoms with Crippen LogP contribution in [-0.2, 0) is 0 Å². The largest absolute Gasteiger partial charge is 0.390 e. The summed E-state index contributed by atoms with van der Waals surface area (Å²) in [7, 11) is 0. The lowest BCUT2D eigenvalue weighted by Crippen LogP contribution is -2.36. The van der Waals surface area contributed by atoms with E-state index < -0.39 is 6.10 Å². The Morgan fingerprint density at radius 2 is 1.85 bits per heavy atom. The number of aliphatic hydroxyl groups is 1. The molecular formula is C22H28N2O2S. The fraction of sp³-hybridized carbons (Fsp3) is 0.409. The van der Waals surface area contributed by atoms with E-state index in [1.54, 1.807) is 11.3 Å². The molecule has 1 heterocycles. The number of hydrogen-bond acceptors (Lipinski definition) is 5. The van der Waals surface area contributed by atoms with Crippen molar-refractivity contribution in [3.8, 4) is 0 Å². The number of anilines is 1. The Balaban J connectivity index is 2.02. The highest BCUT2D eigenvalue weighted by Gasteiger charge is 2.16. The van der Waals surface area contributed by atoms with Gasteiger partial charge in [-0.3, -0.25) is 4.79 Å². The van der Waals surface area contributed by atoms with Crippen molar-refractivity contribution in [3.05, 3.63) is 51.7 Å². The molecule has 0 aliphatic heterocycles. The van der Waals surface area contributed by atoms with Crippen LogP contribution < -0.4 is 10.7 Å². The maximum atomic E-state index is 13.2. The van der Waals surface area contributed by atoms with Gasteiger partial charge in [0.1, 0.15) is 0 Å². The monoisotopic (exact) mass is 384 g/mol. The third-order valence-corrected chi connectivity index (χ3v) is 6.42. The second kappa shape index (κ2) is 8.38. The summed E-state index contributed by atoms with van der Waals surface area (Å²) in [4.78, 5) is 15.4. The average molecular weight is 385 g/mol. The van der Waals surface area contributed by atoms with E-state index in [9.17, 15) is 9.90 Å². The molecule has 0 saturated heterocycles. The van der Waals surface area contributed by atoms with Crippen LogP contribution in [0.25, 0.3) is 20.2 Å². The first-order valence-electron chi connectivity index (χ1n) is 9.56. The van der Waals surface area contributed by atoms with E-state index in [2.05, 4.69) is 37.1 Å². The van der Waals surface area contributed by atoms with E-state index in [1.165, 1.54) is 0 Å². The van der Waals surface area contributed by atoms with Gasteiger partial charge in [0.2, 0.25) is 0 Å². The smallest absolute Gasteiger partial charge is 0.197 e. The highest BCUT2D eigenvalue weighted by atomic mass is 32.1. The van der Waals surface area contributed by atoms with Crippen LogP contribution in [0.3, 0.4) is 0 Å². The standard InChI is InChI=1S/C22H28N2O2S/c1-5-24(6-2)13-16(25)12-23-20-14(3)11-15(4)22-19(20)21(26)17-9-7-8-10-18(17)27-22/h7-11,16,23,25H,5-6,12-13H2,1-4H3/t16-/m0/s1. The van der Waals surface area contributed by atoms with Gasteiger partial charge in [0, 0.05) is 33.6 Å². The van der Waals surface area contributed by atoms with Crippen LogP contribution in [-0.4, -0.2) is 42.3 Å². The van der Waals surface area contributed by atoms with E-state index in [0.717, 1.165) is 50.1 Å². The normalized spacial score (nSPS) is 12.8. The Labute approximate surface area is 164 Å². The van der Waals surface area contributed by atoms with Crippen LogP contribution in [0.15, 0.2) is 35.1 Å². The molecule has 4 nitrogen and oxygen atoms in total. The minimum Gasteiger partial charge on any atom is -0.390 e. The van der Waals surface area contributed by atoms with Crippen molar-refractivity contribution >= 4 is 37.2 Å². The molecule has 0 radical (unpaired) electrons.